The Balaban J connectivity index is 2.45. The number of anilines is 1. The molecule has 2 aromatic carbocycles. The van der Waals surface area contributed by atoms with Crippen molar-refractivity contribution in [2.24, 2.45) is 0 Å². The Kier molecular flexibility index (Phi) is 9.31. The van der Waals surface area contributed by atoms with E-state index in [1.54, 1.807) is 57.2 Å². The van der Waals surface area contributed by atoms with E-state index in [0.29, 0.717) is 22.8 Å². The van der Waals surface area contributed by atoms with Gasteiger partial charge in [0.05, 0.1) is 11.9 Å². The van der Waals surface area contributed by atoms with Crippen molar-refractivity contribution in [1.29, 1.82) is 0 Å². The number of aryl methyl sites for hydroxylation is 2. The summed E-state index contributed by atoms with van der Waals surface area (Å²) in [5, 5.41) is 3.27. The van der Waals surface area contributed by atoms with Crippen LogP contribution in [0.5, 0.6) is 0 Å². The molecule has 0 aliphatic heterocycles. The number of rotatable bonds is 10. The number of para-hydroxylation sites is 1. The molecular formula is C24H32ClN3O4S. The van der Waals surface area contributed by atoms with E-state index in [-0.39, 0.29) is 12.5 Å². The molecule has 1 N–H and O–H groups in total. The first kappa shape index (κ1) is 26.7. The van der Waals surface area contributed by atoms with Crippen LogP contribution in [0, 0.1) is 13.8 Å². The summed E-state index contributed by atoms with van der Waals surface area (Å²) < 4.78 is 26.5. The van der Waals surface area contributed by atoms with Crippen molar-refractivity contribution in [2.75, 3.05) is 23.7 Å². The molecule has 1 atom stereocenters. The zero-order valence-corrected chi connectivity index (χ0v) is 21.3. The van der Waals surface area contributed by atoms with E-state index >= 15 is 0 Å². The third-order valence-corrected chi connectivity index (χ3v) is 6.86. The third-order valence-electron chi connectivity index (χ3n) is 5.38. The van der Waals surface area contributed by atoms with Crippen molar-refractivity contribution < 1.29 is 18.0 Å². The SMILES string of the molecule is CCCNC(=O)[C@H](C)N(Cc1ccccc1Cl)C(=O)CN(c1c(C)cccc1C)S(C)(=O)=O. The van der Waals surface area contributed by atoms with Crippen molar-refractivity contribution in [3.63, 3.8) is 0 Å². The Morgan fingerprint density at radius 1 is 1.06 bits per heavy atom. The van der Waals surface area contributed by atoms with E-state index in [4.69, 9.17) is 11.6 Å². The Bertz CT molecular complexity index is 1080. The highest BCUT2D eigenvalue weighted by Crippen LogP contribution is 2.27. The Labute approximate surface area is 201 Å². The van der Waals surface area contributed by atoms with Gasteiger partial charge in [-0.25, -0.2) is 8.42 Å². The van der Waals surface area contributed by atoms with Gasteiger partial charge in [-0.2, -0.15) is 0 Å². The van der Waals surface area contributed by atoms with Gasteiger partial charge in [-0.15, -0.1) is 0 Å². The molecule has 0 spiro atoms. The maximum absolute atomic E-state index is 13.5. The van der Waals surface area contributed by atoms with Crippen LogP contribution < -0.4 is 9.62 Å². The van der Waals surface area contributed by atoms with Crippen LogP contribution >= 0.6 is 11.6 Å². The largest absolute Gasteiger partial charge is 0.354 e. The third kappa shape index (κ3) is 6.95. The van der Waals surface area contributed by atoms with Crippen molar-refractivity contribution in [3.05, 3.63) is 64.2 Å². The van der Waals surface area contributed by atoms with Gasteiger partial charge < -0.3 is 10.2 Å². The molecule has 0 radical (unpaired) electrons. The number of amides is 2. The van der Waals surface area contributed by atoms with Gasteiger partial charge in [-0.3, -0.25) is 13.9 Å². The molecule has 180 valence electrons. The van der Waals surface area contributed by atoms with E-state index in [0.717, 1.165) is 28.1 Å². The van der Waals surface area contributed by atoms with Crippen molar-refractivity contribution in [2.45, 2.75) is 46.7 Å². The Hall–Kier alpha value is -2.58. The van der Waals surface area contributed by atoms with Gasteiger partial charge in [0.1, 0.15) is 12.6 Å². The van der Waals surface area contributed by atoms with E-state index in [9.17, 15) is 18.0 Å². The van der Waals surface area contributed by atoms with Crippen LogP contribution in [-0.2, 0) is 26.2 Å². The number of hydrogen-bond donors (Lipinski definition) is 1. The average molecular weight is 494 g/mol. The molecule has 0 aliphatic rings. The summed E-state index contributed by atoms with van der Waals surface area (Å²) in [5.41, 5.74) is 2.61. The van der Waals surface area contributed by atoms with Crippen LogP contribution in [0.2, 0.25) is 5.02 Å². The van der Waals surface area contributed by atoms with Crippen LogP contribution in [0.4, 0.5) is 5.69 Å². The normalized spacial score (nSPS) is 12.2. The zero-order chi connectivity index (χ0) is 24.8. The van der Waals surface area contributed by atoms with Gasteiger partial charge in [-0.1, -0.05) is 54.9 Å². The summed E-state index contributed by atoms with van der Waals surface area (Å²) in [7, 11) is -3.77. The molecule has 0 bridgehead atoms. The number of sulfonamides is 1. The molecule has 0 saturated carbocycles. The lowest BCUT2D eigenvalue weighted by atomic mass is 10.1. The number of benzene rings is 2. The zero-order valence-electron chi connectivity index (χ0n) is 19.8. The maximum atomic E-state index is 13.5. The monoisotopic (exact) mass is 493 g/mol. The second kappa shape index (κ2) is 11.5. The molecule has 33 heavy (non-hydrogen) atoms. The lowest BCUT2D eigenvalue weighted by Gasteiger charge is -2.32. The Morgan fingerprint density at radius 3 is 2.21 bits per heavy atom. The van der Waals surface area contributed by atoms with Crippen molar-refractivity contribution >= 4 is 39.1 Å². The van der Waals surface area contributed by atoms with Crippen LogP contribution in [0.15, 0.2) is 42.5 Å². The second-order valence-electron chi connectivity index (χ2n) is 8.09. The number of nitrogens with one attached hydrogen (secondary N) is 1. The summed E-state index contributed by atoms with van der Waals surface area (Å²) in [5.74, 6) is -0.808. The van der Waals surface area contributed by atoms with Crippen LogP contribution in [0.3, 0.4) is 0 Å². The minimum Gasteiger partial charge on any atom is -0.354 e. The second-order valence-corrected chi connectivity index (χ2v) is 10.4. The molecule has 0 unspecified atom stereocenters. The minimum absolute atomic E-state index is 0.0730. The molecule has 2 rings (SSSR count). The molecule has 0 aromatic heterocycles. The molecule has 2 aromatic rings. The van der Waals surface area contributed by atoms with Gasteiger partial charge in [0.25, 0.3) is 0 Å². The summed E-state index contributed by atoms with van der Waals surface area (Å²) >= 11 is 6.31. The van der Waals surface area contributed by atoms with E-state index in [1.807, 2.05) is 13.0 Å². The maximum Gasteiger partial charge on any atom is 0.244 e. The lowest BCUT2D eigenvalue weighted by molar-refractivity contribution is -0.139. The molecule has 0 aliphatic carbocycles. The highest BCUT2D eigenvalue weighted by molar-refractivity contribution is 7.92. The molecule has 0 fully saturated rings. The number of carbonyl (C=O) groups is 2. The fourth-order valence-corrected chi connectivity index (χ4v) is 4.72. The first-order chi connectivity index (χ1) is 15.5. The quantitative estimate of drug-likeness (QED) is 0.547. The van der Waals surface area contributed by atoms with Crippen LogP contribution in [0.25, 0.3) is 0 Å². The van der Waals surface area contributed by atoms with E-state index in [2.05, 4.69) is 5.32 Å². The first-order valence-corrected chi connectivity index (χ1v) is 13.0. The van der Waals surface area contributed by atoms with Gasteiger partial charge in [0.15, 0.2) is 0 Å². The number of halogens is 1. The van der Waals surface area contributed by atoms with Crippen LogP contribution in [-0.4, -0.2) is 50.5 Å². The molecule has 9 heteroatoms. The number of nitrogens with zero attached hydrogens (tertiary/aromatic N) is 2. The van der Waals surface area contributed by atoms with Gasteiger partial charge in [0, 0.05) is 18.1 Å². The minimum atomic E-state index is -3.77. The highest BCUT2D eigenvalue weighted by atomic mass is 35.5. The fraction of sp³-hybridized carbons (Fsp3) is 0.417. The molecule has 7 nitrogen and oxygen atoms in total. The van der Waals surface area contributed by atoms with Gasteiger partial charge in [0.2, 0.25) is 21.8 Å². The standard InChI is InChI=1S/C24H32ClN3O4S/c1-6-14-26-24(30)19(4)27(15-20-12-7-8-13-21(20)25)22(29)16-28(33(5,31)32)23-17(2)10-9-11-18(23)3/h7-13,19H,6,14-16H2,1-5H3,(H,26,30)/t19-/m0/s1. The summed E-state index contributed by atoms with van der Waals surface area (Å²) in [6.07, 6.45) is 1.83. The van der Waals surface area contributed by atoms with Crippen LogP contribution in [0.1, 0.15) is 37.0 Å². The molecule has 0 heterocycles. The molecular weight excluding hydrogens is 462 g/mol. The predicted octanol–water partition coefficient (Wildman–Crippen LogP) is 3.67. The summed E-state index contributed by atoms with van der Waals surface area (Å²) in [6, 6.07) is 11.7. The van der Waals surface area contributed by atoms with Crippen molar-refractivity contribution in [3.8, 4) is 0 Å². The predicted molar refractivity (Wildman–Crippen MR) is 133 cm³/mol. The lowest BCUT2D eigenvalue weighted by Crippen LogP contribution is -2.51. The number of carbonyl (C=O) groups excluding carboxylic acids is 2. The fourth-order valence-electron chi connectivity index (χ4n) is 3.56. The smallest absolute Gasteiger partial charge is 0.244 e. The van der Waals surface area contributed by atoms with Crippen molar-refractivity contribution in [1.82, 2.24) is 10.2 Å². The topological polar surface area (TPSA) is 86.8 Å². The highest BCUT2D eigenvalue weighted by Gasteiger charge is 2.31. The van der Waals surface area contributed by atoms with E-state index in [1.165, 1.54) is 4.90 Å². The van der Waals surface area contributed by atoms with Gasteiger partial charge in [-0.05, 0) is 49.9 Å². The average Bonchev–Trinajstić information content (AvgIpc) is 2.74. The molecule has 0 saturated heterocycles. The number of hydrogen-bond acceptors (Lipinski definition) is 4. The summed E-state index contributed by atoms with van der Waals surface area (Å²) in [4.78, 5) is 27.6. The molecule has 2 amide bonds. The summed E-state index contributed by atoms with van der Waals surface area (Å²) in [6.45, 7) is 7.29. The van der Waals surface area contributed by atoms with E-state index < -0.39 is 28.5 Å². The van der Waals surface area contributed by atoms with Gasteiger partial charge >= 0.3 is 0 Å². The first-order valence-electron chi connectivity index (χ1n) is 10.8. The Morgan fingerprint density at radius 2 is 1.67 bits per heavy atom.